The van der Waals surface area contributed by atoms with Crippen molar-refractivity contribution in [2.24, 2.45) is 0 Å². The zero-order chi connectivity index (χ0) is 15.9. The van der Waals surface area contributed by atoms with Gasteiger partial charge in [0.05, 0.1) is 7.11 Å². The van der Waals surface area contributed by atoms with Gasteiger partial charge in [-0.3, -0.25) is 9.59 Å². The van der Waals surface area contributed by atoms with Crippen LogP contribution in [-0.2, 0) is 25.7 Å². The maximum Gasteiger partial charge on any atom is 0.329 e. The minimum Gasteiger partial charge on any atom is -0.496 e. The van der Waals surface area contributed by atoms with Gasteiger partial charge in [-0.2, -0.15) is 0 Å². The number of hydrogen-bond acceptors (Lipinski definition) is 5. The third kappa shape index (κ3) is 4.21. The summed E-state index contributed by atoms with van der Waals surface area (Å²) >= 11 is 0. The van der Waals surface area contributed by atoms with Gasteiger partial charge in [-0.25, -0.2) is 4.79 Å². The summed E-state index contributed by atoms with van der Waals surface area (Å²) in [6, 6.07) is 6.66. The Kier molecular flexibility index (Phi) is 5.35. The van der Waals surface area contributed by atoms with Crippen molar-refractivity contribution in [3.63, 3.8) is 0 Å². The van der Waals surface area contributed by atoms with Gasteiger partial charge in [0, 0.05) is 18.5 Å². The van der Waals surface area contributed by atoms with E-state index in [4.69, 9.17) is 9.47 Å². The Morgan fingerprint density at radius 1 is 1.36 bits per heavy atom. The van der Waals surface area contributed by atoms with Crippen molar-refractivity contribution < 1.29 is 23.9 Å². The fourth-order valence-corrected chi connectivity index (χ4v) is 2.12. The topological polar surface area (TPSA) is 93.7 Å². The fourth-order valence-electron chi connectivity index (χ4n) is 2.12. The number of amides is 2. The molecule has 1 atom stereocenters. The van der Waals surface area contributed by atoms with Crippen LogP contribution in [0.4, 0.5) is 0 Å². The van der Waals surface area contributed by atoms with Crippen molar-refractivity contribution in [3.8, 4) is 5.75 Å². The maximum absolute atomic E-state index is 11.7. The first kappa shape index (κ1) is 15.8. The molecule has 1 heterocycles. The standard InChI is InChI=1S/C15H18N2O5/c1-21-12-5-3-2-4-10(12)8-16-14(19)9-22-15(20)11-6-7-13(18)17-11/h2-5,11H,6-9H2,1H3,(H,16,19)(H,17,18)/t11-/m0/s1. The van der Waals surface area contributed by atoms with Crippen LogP contribution in [0.2, 0.25) is 0 Å². The highest BCUT2D eigenvalue weighted by atomic mass is 16.5. The number of para-hydroxylation sites is 1. The van der Waals surface area contributed by atoms with E-state index in [1.54, 1.807) is 13.2 Å². The van der Waals surface area contributed by atoms with E-state index >= 15 is 0 Å². The van der Waals surface area contributed by atoms with Crippen LogP contribution in [0.1, 0.15) is 18.4 Å². The lowest BCUT2D eigenvalue weighted by Crippen LogP contribution is -2.37. The quantitative estimate of drug-likeness (QED) is 0.729. The van der Waals surface area contributed by atoms with Crippen molar-refractivity contribution in [1.82, 2.24) is 10.6 Å². The first-order valence-electron chi connectivity index (χ1n) is 6.94. The number of hydrogen-bond donors (Lipinski definition) is 2. The summed E-state index contributed by atoms with van der Waals surface area (Å²) in [4.78, 5) is 34.3. The van der Waals surface area contributed by atoms with E-state index in [0.29, 0.717) is 18.6 Å². The molecule has 1 aliphatic heterocycles. The van der Waals surface area contributed by atoms with Gasteiger partial charge in [0.2, 0.25) is 5.91 Å². The molecule has 7 heteroatoms. The third-order valence-corrected chi connectivity index (χ3v) is 3.29. The first-order chi connectivity index (χ1) is 10.6. The zero-order valence-corrected chi connectivity index (χ0v) is 12.3. The van der Waals surface area contributed by atoms with Crippen LogP contribution in [0.15, 0.2) is 24.3 Å². The van der Waals surface area contributed by atoms with Gasteiger partial charge in [-0.15, -0.1) is 0 Å². The minimum absolute atomic E-state index is 0.178. The van der Waals surface area contributed by atoms with Gasteiger partial charge < -0.3 is 20.1 Å². The predicted octanol–water partition coefficient (Wildman–Crippen LogP) is 0.133. The van der Waals surface area contributed by atoms with Crippen LogP contribution in [0.5, 0.6) is 5.75 Å². The molecule has 0 aromatic heterocycles. The molecule has 1 aromatic rings. The Morgan fingerprint density at radius 3 is 2.82 bits per heavy atom. The smallest absolute Gasteiger partial charge is 0.329 e. The number of carbonyl (C=O) groups is 3. The second-order valence-electron chi connectivity index (χ2n) is 4.86. The number of rotatable bonds is 6. The van der Waals surface area contributed by atoms with Crippen LogP contribution in [0.3, 0.4) is 0 Å². The number of nitrogens with one attached hydrogen (secondary N) is 2. The molecule has 0 unspecified atom stereocenters. The molecule has 2 rings (SSSR count). The van der Waals surface area contributed by atoms with E-state index < -0.39 is 17.9 Å². The Bertz CT molecular complexity index is 573. The number of esters is 1. The van der Waals surface area contributed by atoms with Crippen molar-refractivity contribution in [2.75, 3.05) is 13.7 Å². The molecule has 0 saturated carbocycles. The first-order valence-corrected chi connectivity index (χ1v) is 6.94. The number of methoxy groups -OCH3 is 1. The summed E-state index contributed by atoms with van der Waals surface area (Å²) in [5.41, 5.74) is 0.827. The Hall–Kier alpha value is -2.57. The van der Waals surface area contributed by atoms with E-state index in [9.17, 15) is 14.4 Å². The average Bonchev–Trinajstić information content (AvgIpc) is 2.97. The van der Waals surface area contributed by atoms with Crippen molar-refractivity contribution >= 4 is 17.8 Å². The second kappa shape index (κ2) is 7.44. The summed E-state index contributed by atoms with van der Waals surface area (Å²) in [6.45, 7) is -0.0963. The van der Waals surface area contributed by atoms with Crippen molar-refractivity contribution in [2.45, 2.75) is 25.4 Å². The van der Waals surface area contributed by atoms with Crippen LogP contribution < -0.4 is 15.4 Å². The highest BCUT2D eigenvalue weighted by molar-refractivity contribution is 5.89. The second-order valence-corrected chi connectivity index (χ2v) is 4.86. The fraction of sp³-hybridized carbons (Fsp3) is 0.400. The van der Waals surface area contributed by atoms with Crippen LogP contribution in [-0.4, -0.2) is 37.5 Å². The molecule has 2 amide bonds. The maximum atomic E-state index is 11.7. The SMILES string of the molecule is COc1ccccc1CNC(=O)COC(=O)[C@@H]1CCC(=O)N1. The molecule has 2 N–H and O–H groups in total. The summed E-state index contributed by atoms with van der Waals surface area (Å²) in [5, 5.41) is 5.13. The third-order valence-electron chi connectivity index (χ3n) is 3.29. The van der Waals surface area contributed by atoms with Crippen molar-refractivity contribution in [3.05, 3.63) is 29.8 Å². The zero-order valence-electron chi connectivity index (χ0n) is 12.3. The van der Waals surface area contributed by atoms with Crippen molar-refractivity contribution in [1.29, 1.82) is 0 Å². The number of ether oxygens (including phenoxy) is 2. The van der Waals surface area contributed by atoms with Gasteiger partial charge in [-0.1, -0.05) is 18.2 Å². The molecule has 1 saturated heterocycles. The molecule has 1 aromatic carbocycles. The number of carbonyl (C=O) groups excluding carboxylic acids is 3. The predicted molar refractivity (Wildman–Crippen MR) is 77.0 cm³/mol. The molecule has 1 aliphatic rings. The normalized spacial score (nSPS) is 16.8. The monoisotopic (exact) mass is 306 g/mol. The summed E-state index contributed by atoms with van der Waals surface area (Å²) in [7, 11) is 1.55. The lowest BCUT2D eigenvalue weighted by molar-refractivity contribution is -0.150. The average molecular weight is 306 g/mol. The van der Waals surface area contributed by atoms with E-state index in [1.807, 2.05) is 18.2 Å². The van der Waals surface area contributed by atoms with Gasteiger partial charge in [0.15, 0.2) is 6.61 Å². The minimum atomic E-state index is -0.644. The Morgan fingerprint density at radius 2 is 2.14 bits per heavy atom. The summed E-state index contributed by atoms with van der Waals surface area (Å²) < 4.78 is 10.1. The summed E-state index contributed by atoms with van der Waals surface area (Å²) in [5.74, 6) is -0.502. The molecular weight excluding hydrogens is 288 g/mol. The number of benzene rings is 1. The van der Waals surface area contributed by atoms with Gasteiger partial charge >= 0.3 is 5.97 Å². The molecule has 0 aliphatic carbocycles. The Labute approximate surface area is 128 Å². The summed E-state index contributed by atoms with van der Waals surface area (Å²) in [6.07, 6.45) is 0.709. The van der Waals surface area contributed by atoms with E-state index in [0.717, 1.165) is 5.56 Å². The largest absolute Gasteiger partial charge is 0.496 e. The molecule has 0 spiro atoms. The molecule has 22 heavy (non-hydrogen) atoms. The molecule has 7 nitrogen and oxygen atoms in total. The van der Waals surface area contributed by atoms with E-state index in [2.05, 4.69) is 10.6 Å². The van der Waals surface area contributed by atoms with Crippen LogP contribution in [0.25, 0.3) is 0 Å². The van der Waals surface area contributed by atoms with Gasteiger partial charge in [0.25, 0.3) is 5.91 Å². The molecule has 0 bridgehead atoms. The Balaban J connectivity index is 1.74. The van der Waals surface area contributed by atoms with Crippen LogP contribution in [0, 0.1) is 0 Å². The lowest BCUT2D eigenvalue weighted by Gasteiger charge is -2.11. The molecule has 0 radical (unpaired) electrons. The van der Waals surface area contributed by atoms with Gasteiger partial charge in [-0.05, 0) is 12.5 Å². The molecule has 118 valence electrons. The van der Waals surface area contributed by atoms with Gasteiger partial charge in [0.1, 0.15) is 11.8 Å². The van der Waals surface area contributed by atoms with E-state index in [-0.39, 0.29) is 19.1 Å². The highest BCUT2D eigenvalue weighted by Crippen LogP contribution is 2.16. The van der Waals surface area contributed by atoms with E-state index in [1.165, 1.54) is 0 Å². The highest BCUT2D eigenvalue weighted by Gasteiger charge is 2.28. The molecular formula is C15H18N2O5. The van der Waals surface area contributed by atoms with Crippen LogP contribution >= 0.6 is 0 Å². The lowest BCUT2D eigenvalue weighted by atomic mass is 10.2. The molecule has 1 fully saturated rings.